The molecular weight excluding hydrogens is 472 g/mol. The maximum absolute atomic E-state index is 13.4. The maximum Gasteiger partial charge on any atom is 0.276 e. The van der Waals surface area contributed by atoms with Crippen LogP contribution in [-0.4, -0.2) is 62.8 Å². The summed E-state index contributed by atoms with van der Waals surface area (Å²) in [6.07, 6.45) is 6.78. The van der Waals surface area contributed by atoms with E-state index >= 15 is 0 Å². The molecule has 5 aromatic rings. The minimum Gasteiger partial charge on any atom is -0.382 e. The van der Waals surface area contributed by atoms with Crippen LogP contribution in [0.25, 0.3) is 22.3 Å². The van der Waals surface area contributed by atoms with Crippen LogP contribution in [-0.2, 0) is 16.0 Å². The van der Waals surface area contributed by atoms with Crippen LogP contribution in [0.15, 0.2) is 73.3 Å². The second kappa shape index (κ2) is 11.4. The predicted octanol–water partition coefficient (Wildman–Crippen LogP) is 3.88. The average molecular weight is 499 g/mol. The lowest BCUT2D eigenvalue weighted by Gasteiger charge is -2.11. The number of carbonyl (C=O) groups is 1. The summed E-state index contributed by atoms with van der Waals surface area (Å²) in [5, 5.41) is 18.8. The summed E-state index contributed by atoms with van der Waals surface area (Å²) in [7, 11) is 1.63. The zero-order valence-electron chi connectivity index (χ0n) is 20.2. The van der Waals surface area contributed by atoms with Gasteiger partial charge in [0.1, 0.15) is 5.69 Å². The Morgan fingerprint density at radius 2 is 1.95 bits per heavy atom. The number of rotatable bonds is 11. The largest absolute Gasteiger partial charge is 0.382 e. The van der Waals surface area contributed by atoms with Crippen molar-refractivity contribution in [3.05, 3.63) is 79.0 Å². The van der Waals surface area contributed by atoms with Crippen molar-refractivity contribution in [3.63, 3.8) is 0 Å². The summed E-state index contributed by atoms with van der Waals surface area (Å²) in [5.41, 5.74) is 4.28. The lowest BCUT2D eigenvalue weighted by molar-refractivity contribution is 0.0654. The molecule has 0 aliphatic rings. The van der Waals surface area contributed by atoms with E-state index in [2.05, 4.69) is 35.9 Å². The number of nitrogens with one attached hydrogen (secondary N) is 3. The Morgan fingerprint density at radius 3 is 2.81 bits per heavy atom. The van der Waals surface area contributed by atoms with Gasteiger partial charge in [0.2, 0.25) is 0 Å². The third-order valence-electron chi connectivity index (χ3n) is 5.56. The lowest BCUT2D eigenvalue weighted by Crippen LogP contribution is -2.16. The highest BCUT2D eigenvalue weighted by Gasteiger charge is 2.19. The molecule has 0 saturated carbocycles. The monoisotopic (exact) mass is 498 g/mol. The van der Waals surface area contributed by atoms with Gasteiger partial charge in [-0.25, -0.2) is 4.98 Å². The molecule has 11 heteroatoms. The van der Waals surface area contributed by atoms with Crippen molar-refractivity contribution in [3.8, 4) is 11.4 Å². The van der Waals surface area contributed by atoms with Gasteiger partial charge < -0.3 is 20.1 Å². The number of ether oxygens (including phenoxy) is 2. The van der Waals surface area contributed by atoms with Gasteiger partial charge >= 0.3 is 0 Å². The van der Waals surface area contributed by atoms with Gasteiger partial charge in [-0.3, -0.25) is 19.6 Å². The Bertz CT molecular complexity index is 1480. The molecule has 5 rings (SSSR count). The van der Waals surface area contributed by atoms with Gasteiger partial charge in [0.15, 0.2) is 5.69 Å². The van der Waals surface area contributed by atoms with E-state index in [1.807, 2.05) is 42.5 Å². The van der Waals surface area contributed by atoms with Crippen LogP contribution in [0.5, 0.6) is 0 Å². The number of amides is 1. The first-order chi connectivity index (χ1) is 18.2. The van der Waals surface area contributed by atoms with E-state index in [4.69, 9.17) is 9.47 Å². The average Bonchev–Trinajstić information content (AvgIpc) is 3.56. The lowest BCUT2D eigenvalue weighted by atomic mass is 10.2. The van der Waals surface area contributed by atoms with E-state index < -0.39 is 0 Å². The molecule has 0 aliphatic carbocycles. The van der Waals surface area contributed by atoms with Crippen molar-refractivity contribution in [1.29, 1.82) is 0 Å². The van der Waals surface area contributed by atoms with E-state index in [0.717, 1.165) is 16.6 Å². The van der Waals surface area contributed by atoms with Gasteiger partial charge in [0.05, 0.1) is 55.1 Å². The molecule has 1 aromatic carbocycles. The molecule has 0 fully saturated rings. The van der Waals surface area contributed by atoms with Gasteiger partial charge in [-0.2, -0.15) is 10.2 Å². The van der Waals surface area contributed by atoms with Crippen molar-refractivity contribution < 1.29 is 14.3 Å². The van der Waals surface area contributed by atoms with Crippen LogP contribution < -0.4 is 10.6 Å². The maximum atomic E-state index is 13.4. The van der Waals surface area contributed by atoms with Gasteiger partial charge in [-0.15, -0.1) is 0 Å². The Balaban J connectivity index is 1.37. The number of nitrogens with zero attached hydrogens (tertiary/aromatic N) is 5. The Kier molecular flexibility index (Phi) is 7.44. The molecule has 0 unspecified atom stereocenters. The van der Waals surface area contributed by atoms with Crippen molar-refractivity contribution in [2.75, 3.05) is 37.6 Å². The molecule has 0 spiro atoms. The highest BCUT2D eigenvalue weighted by atomic mass is 16.5. The quantitative estimate of drug-likeness (QED) is 0.234. The first-order valence-corrected chi connectivity index (χ1v) is 11.7. The Morgan fingerprint density at radius 1 is 1.03 bits per heavy atom. The fraction of sp³-hybridized carbons (Fsp3) is 0.192. The van der Waals surface area contributed by atoms with Gasteiger partial charge in [0.25, 0.3) is 5.91 Å². The SMILES string of the molecule is COCCOCCn1cc(NC(=O)c2ncccc2Nc2ccc3[nH]ncc3c2)c(-c2ccccn2)n1. The van der Waals surface area contributed by atoms with Crippen LogP contribution in [0, 0.1) is 0 Å². The minimum atomic E-state index is -0.374. The molecule has 3 N–H and O–H groups in total. The van der Waals surface area contributed by atoms with E-state index in [1.54, 1.807) is 42.6 Å². The second-order valence-electron chi connectivity index (χ2n) is 8.13. The van der Waals surface area contributed by atoms with E-state index in [1.165, 1.54) is 0 Å². The van der Waals surface area contributed by atoms with Crippen LogP contribution in [0.3, 0.4) is 0 Å². The number of H-pyrrole nitrogens is 1. The number of anilines is 3. The van der Waals surface area contributed by atoms with E-state index in [0.29, 0.717) is 49.1 Å². The molecular formula is C26H26N8O3. The number of aromatic amines is 1. The summed E-state index contributed by atoms with van der Waals surface area (Å²) >= 11 is 0. The highest BCUT2D eigenvalue weighted by Crippen LogP contribution is 2.27. The fourth-order valence-corrected chi connectivity index (χ4v) is 3.77. The molecule has 0 saturated heterocycles. The molecule has 0 atom stereocenters. The Hall–Kier alpha value is -4.61. The van der Waals surface area contributed by atoms with Gasteiger partial charge in [-0.1, -0.05) is 6.07 Å². The van der Waals surface area contributed by atoms with Crippen molar-refractivity contribution in [1.82, 2.24) is 29.9 Å². The number of aromatic nitrogens is 6. The predicted molar refractivity (Wildman–Crippen MR) is 140 cm³/mol. The molecule has 11 nitrogen and oxygen atoms in total. The van der Waals surface area contributed by atoms with Crippen LogP contribution in [0.2, 0.25) is 0 Å². The number of carbonyl (C=O) groups excluding carboxylic acids is 1. The standard InChI is InChI=1S/C26H26N8O3/c1-36-13-14-37-12-11-34-17-23(24(33-34)21-5-2-3-9-27-21)31-26(35)25-22(6-4-10-28-25)30-19-7-8-20-18(15-19)16-29-32-20/h2-10,15-17,30H,11-14H2,1H3,(H,29,32)(H,31,35). The highest BCUT2D eigenvalue weighted by molar-refractivity contribution is 6.08. The van der Waals surface area contributed by atoms with Crippen LogP contribution >= 0.6 is 0 Å². The topological polar surface area (TPSA) is 132 Å². The molecule has 0 bridgehead atoms. The molecule has 0 radical (unpaired) electrons. The molecule has 1 amide bonds. The summed E-state index contributed by atoms with van der Waals surface area (Å²) in [5.74, 6) is -0.374. The first-order valence-electron chi connectivity index (χ1n) is 11.7. The van der Waals surface area contributed by atoms with E-state index in [-0.39, 0.29) is 11.6 Å². The summed E-state index contributed by atoms with van der Waals surface area (Å²) < 4.78 is 12.3. The Labute approximate surface area is 212 Å². The summed E-state index contributed by atoms with van der Waals surface area (Å²) in [6.45, 7) is 1.98. The number of benzene rings is 1. The number of pyridine rings is 2. The van der Waals surface area contributed by atoms with Gasteiger partial charge in [0, 0.05) is 36.8 Å². The number of hydrogen-bond acceptors (Lipinski definition) is 8. The van der Waals surface area contributed by atoms with E-state index in [9.17, 15) is 4.79 Å². The zero-order valence-corrected chi connectivity index (χ0v) is 20.2. The van der Waals surface area contributed by atoms with Crippen molar-refractivity contribution >= 4 is 33.9 Å². The third kappa shape index (κ3) is 5.80. The number of methoxy groups -OCH3 is 1. The molecule has 37 heavy (non-hydrogen) atoms. The number of hydrogen-bond donors (Lipinski definition) is 3. The smallest absolute Gasteiger partial charge is 0.276 e. The molecule has 4 heterocycles. The zero-order chi connectivity index (χ0) is 25.5. The third-order valence-corrected chi connectivity index (χ3v) is 5.56. The van der Waals surface area contributed by atoms with Gasteiger partial charge in [-0.05, 0) is 42.5 Å². The molecule has 4 aromatic heterocycles. The van der Waals surface area contributed by atoms with Crippen LogP contribution in [0.4, 0.5) is 17.1 Å². The minimum absolute atomic E-state index is 0.248. The number of fused-ring (bicyclic) bond motifs is 1. The van der Waals surface area contributed by atoms with Crippen LogP contribution in [0.1, 0.15) is 10.5 Å². The molecule has 0 aliphatic heterocycles. The molecule has 188 valence electrons. The summed E-state index contributed by atoms with van der Waals surface area (Å²) in [6, 6.07) is 14.9. The normalized spacial score (nSPS) is 11.1. The fourth-order valence-electron chi connectivity index (χ4n) is 3.77. The summed E-state index contributed by atoms with van der Waals surface area (Å²) in [4.78, 5) is 22.1. The first kappa shape index (κ1) is 24.1. The van der Waals surface area contributed by atoms with Crippen molar-refractivity contribution in [2.24, 2.45) is 0 Å². The second-order valence-corrected chi connectivity index (χ2v) is 8.13. The van der Waals surface area contributed by atoms with Crippen molar-refractivity contribution in [2.45, 2.75) is 6.54 Å².